The summed E-state index contributed by atoms with van der Waals surface area (Å²) in [5.41, 5.74) is 0. The minimum Gasteiger partial charge on any atom is -0.378 e. The maximum absolute atomic E-state index is 6.12. The summed E-state index contributed by atoms with van der Waals surface area (Å²) >= 11 is 0. The van der Waals surface area contributed by atoms with Crippen LogP contribution in [-0.2, 0) is 4.74 Å². The van der Waals surface area contributed by atoms with E-state index < -0.39 is 0 Å². The number of unbranched alkanes of at least 4 members (excludes halogenated alkanes) is 16. The van der Waals surface area contributed by atoms with Crippen LogP contribution in [-0.4, -0.2) is 12.7 Å². The Labute approximate surface area is 167 Å². The van der Waals surface area contributed by atoms with Gasteiger partial charge in [-0.3, -0.25) is 0 Å². The zero-order valence-corrected chi connectivity index (χ0v) is 18.8. The van der Waals surface area contributed by atoms with Crippen LogP contribution in [0.25, 0.3) is 0 Å². The van der Waals surface area contributed by atoms with Gasteiger partial charge < -0.3 is 4.74 Å². The molecule has 0 amide bonds. The highest BCUT2D eigenvalue weighted by atomic mass is 16.5. The van der Waals surface area contributed by atoms with Gasteiger partial charge in [-0.2, -0.15) is 0 Å². The minimum absolute atomic E-state index is 0.522. The van der Waals surface area contributed by atoms with Crippen LogP contribution in [0.15, 0.2) is 0 Å². The molecule has 0 fully saturated rings. The Bertz CT molecular complexity index is 238. The Kier molecular flexibility index (Phi) is 23.0. The second-order valence-corrected chi connectivity index (χ2v) is 8.35. The molecule has 0 spiro atoms. The van der Waals surface area contributed by atoms with E-state index in [0.717, 1.165) is 6.61 Å². The summed E-state index contributed by atoms with van der Waals surface area (Å²) in [6, 6.07) is 0. The Hall–Kier alpha value is -0.0400. The molecule has 0 N–H and O–H groups in total. The van der Waals surface area contributed by atoms with Crippen molar-refractivity contribution in [2.75, 3.05) is 6.61 Å². The first-order valence-corrected chi connectivity index (χ1v) is 12.5. The fourth-order valence-electron chi connectivity index (χ4n) is 3.75. The molecule has 1 nitrogen and oxygen atoms in total. The highest BCUT2D eigenvalue weighted by Crippen LogP contribution is 2.15. The lowest BCUT2D eigenvalue weighted by Gasteiger charge is -2.16. The van der Waals surface area contributed by atoms with Crippen molar-refractivity contribution >= 4 is 0 Å². The van der Waals surface area contributed by atoms with Gasteiger partial charge in [-0.1, -0.05) is 130 Å². The molecule has 0 heterocycles. The molecule has 158 valence electrons. The standard InChI is InChI=1S/C25H52O/c1-4-7-9-11-13-14-15-16-18-20-22-24-26-25(6-3)23-21-19-17-12-10-8-5-2/h25H,4-24H2,1-3H3. The zero-order chi connectivity index (χ0) is 19.1. The molecule has 1 atom stereocenters. The lowest BCUT2D eigenvalue weighted by Crippen LogP contribution is -2.12. The molecule has 0 aliphatic rings. The first-order chi connectivity index (χ1) is 12.8. The van der Waals surface area contributed by atoms with Gasteiger partial charge in [0.05, 0.1) is 6.10 Å². The highest BCUT2D eigenvalue weighted by Gasteiger charge is 2.06. The van der Waals surface area contributed by atoms with Gasteiger partial charge in [-0.25, -0.2) is 0 Å². The van der Waals surface area contributed by atoms with E-state index in [2.05, 4.69) is 20.8 Å². The van der Waals surface area contributed by atoms with Crippen LogP contribution in [0.1, 0.15) is 149 Å². The van der Waals surface area contributed by atoms with Crippen LogP contribution in [0.3, 0.4) is 0 Å². The highest BCUT2D eigenvalue weighted by molar-refractivity contribution is 4.57. The van der Waals surface area contributed by atoms with E-state index in [9.17, 15) is 0 Å². The van der Waals surface area contributed by atoms with Gasteiger partial charge in [-0.05, 0) is 19.3 Å². The molecule has 1 heteroatoms. The first kappa shape index (κ1) is 26.0. The number of ether oxygens (including phenoxy) is 1. The quantitative estimate of drug-likeness (QED) is 0.173. The fourth-order valence-corrected chi connectivity index (χ4v) is 3.75. The predicted octanol–water partition coefficient (Wildman–Crippen LogP) is 9.23. The van der Waals surface area contributed by atoms with Gasteiger partial charge in [0.25, 0.3) is 0 Å². The SMILES string of the molecule is CCCCCCCCCCCCCOC(CC)CCCCCCCCC. The Morgan fingerprint density at radius 3 is 1.27 bits per heavy atom. The molecular formula is C25H52O. The maximum atomic E-state index is 6.12. The van der Waals surface area contributed by atoms with Crippen LogP contribution in [0, 0.1) is 0 Å². The lowest BCUT2D eigenvalue weighted by molar-refractivity contribution is 0.0406. The van der Waals surface area contributed by atoms with Crippen molar-refractivity contribution in [2.24, 2.45) is 0 Å². The third-order valence-corrected chi connectivity index (χ3v) is 5.69. The van der Waals surface area contributed by atoms with Crippen molar-refractivity contribution in [3.8, 4) is 0 Å². The van der Waals surface area contributed by atoms with E-state index in [1.807, 2.05) is 0 Å². The van der Waals surface area contributed by atoms with Crippen molar-refractivity contribution in [3.05, 3.63) is 0 Å². The molecule has 0 aromatic heterocycles. The van der Waals surface area contributed by atoms with Gasteiger partial charge in [0, 0.05) is 6.61 Å². The van der Waals surface area contributed by atoms with E-state index in [-0.39, 0.29) is 0 Å². The molecular weight excluding hydrogens is 316 g/mol. The summed E-state index contributed by atoms with van der Waals surface area (Å²) in [4.78, 5) is 0. The molecule has 0 saturated heterocycles. The van der Waals surface area contributed by atoms with Gasteiger partial charge in [0.15, 0.2) is 0 Å². The Balaban J connectivity index is 3.26. The molecule has 26 heavy (non-hydrogen) atoms. The molecule has 0 bridgehead atoms. The third-order valence-electron chi connectivity index (χ3n) is 5.69. The summed E-state index contributed by atoms with van der Waals surface area (Å²) in [5.74, 6) is 0. The summed E-state index contributed by atoms with van der Waals surface area (Å²) in [7, 11) is 0. The van der Waals surface area contributed by atoms with Gasteiger partial charge in [0.1, 0.15) is 0 Å². The minimum atomic E-state index is 0.522. The molecule has 0 aromatic carbocycles. The van der Waals surface area contributed by atoms with Crippen molar-refractivity contribution in [3.63, 3.8) is 0 Å². The normalized spacial score (nSPS) is 12.6. The van der Waals surface area contributed by atoms with Crippen molar-refractivity contribution in [1.82, 2.24) is 0 Å². The largest absolute Gasteiger partial charge is 0.378 e. The van der Waals surface area contributed by atoms with E-state index in [1.165, 1.54) is 128 Å². The average molecular weight is 369 g/mol. The number of hydrogen-bond donors (Lipinski definition) is 0. The predicted molar refractivity (Wildman–Crippen MR) is 119 cm³/mol. The first-order valence-electron chi connectivity index (χ1n) is 12.5. The third kappa shape index (κ3) is 20.3. The van der Waals surface area contributed by atoms with Crippen LogP contribution in [0.2, 0.25) is 0 Å². The van der Waals surface area contributed by atoms with Crippen LogP contribution >= 0.6 is 0 Å². The van der Waals surface area contributed by atoms with Crippen LogP contribution in [0.5, 0.6) is 0 Å². The average Bonchev–Trinajstić information content (AvgIpc) is 2.66. The summed E-state index contributed by atoms with van der Waals surface area (Å²) in [6.45, 7) is 7.86. The van der Waals surface area contributed by atoms with E-state index in [4.69, 9.17) is 4.74 Å². The molecule has 0 aliphatic heterocycles. The van der Waals surface area contributed by atoms with Gasteiger partial charge in [0.2, 0.25) is 0 Å². The lowest BCUT2D eigenvalue weighted by atomic mass is 10.0. The monoisotopic (exact) mass is 368 g/mol. The van der Waals surface area contributed by atoms with E-state index in [0.29, 0.717) is 6.10 Å². The van der Waals surface area contributed by atoms with Crippen LogP contribution in [0.4, 0.5) is 0 Å². The summed E-state index contributed by atoms with van der Waals surface area (Å²) < 4.78 is 6.12. The zero-order valence-electron chi connectivity index (χ0n) is 18.8. The van der Waals surface area contributed by atoms with Gasteiger partial charge >= 0.3 is 0 Å². The maximum Gasteiger partial charge on any atom is 0.0572 e. The Morgan fingerprint density at radius 2 is 0.846 bits per heavy atom. The molecule has 0 radical (unpaired) electrons. The summed E-state index contributed by atoms with van der Waals surface area (Å²) in [5, 5.41) is 0. The fraction of sp³-hybridized carbons (Fsp3) is 1.00. The molecule has 0 saturated carbocycles. The topological polar surface area (TPSA) is 9.23 Å². The van der Waals surface area contributed by atoms with Crippen molar-refractivity contribution < 1.29 is 4.74 Å². The molecule has 0 aliphatic carbocycles. The molecule has 0 rings (SSSR count). The van der Waals surface area contributed by atoms with E-state index >= 15 is 0 Å². The smallest absolute Gasteiger partial charge is 0.0572 e. The van der Waals surface area contributed by atoms with Crippen molar-refractivity contribution in [1.29, 1.82) is 0 Å². The van der Waals surface area contributed by atoms with E-state index in [1.54, 1.807) is 0 Å². The second-order valence-electron chi connectivity index (χ2n) is 8.35. The summed E-state index contributed by atoms with van der Waals surface area (Å²) in [6.07, 6.45) is 28.4. The number of hydrogen-bond acceptors (Lipinski definition) is 1. The molecule has 0 aromatic rings. The molecule has 1 unspecified atom stereocenters. The Morgan fingerprint density at radius 1 is 0.462 bits per heavy atom. The number of rotatable bonds is 22. The van der Waals surface area contributed by atoms with Crippen LogP contribution < -0.4 is 0 Å². The second kappa shape index (κ2) is 23.0. The van der Waals surface area contributed by atoms with Gasteiger partial charge in [-0.15, -0.1) is 0 Å². The van der Waals surface area contributed by atoms with Crippen molar-refractivity contribution in [2.45, 2.75) is 155 Å².